The molecule has 0 aliphatic carbocycles. The van der Waals surface area contributed by atoms with Crippen molar-refractivity contribution in [3.05, 3.63) is 23.8 Å². The minimum absolute atomic E-state index is 0.0858. The van der Waals surface area contributed by atoms with Crippen molar-refractivity contribution in [2.75, 3.05) is 33.9 Å². The van der Waals surface area contributed by atoms with E-state index in [0.29, 0.717) is 43.0 Å². The average Bonchev–Trinajstić information content (AvgIpc) is 2.67. The van der Waals surface area contributed by atoms with Crippen LogP contribution in [0.5, 0.6) is 11.5 Å². The first-order valence-electron chi connectivity index (χ1n) is 8.46. The van der Waals surface area contributed by atoms with Crippen molar-refractivity contribution >= 4 is 17.8 Å². The third-order valence-corrected chi connectivity index (χ3v) is 4.43. The number of hydrogen-bond acceptors (Lipinski definition) is 5. The molecule has 142 valence electrons. The van der Waals surface area contributed by atoms with Gasteiger partial charge in [-0.1, -0.05) is 0 Å². The summed E-state index contributed by atoms with van der Waals surface area (Å²) in [5.41, 5.74) is 0.385. The molecule has 0 unspecified atom stereocenters. The van der Waals surface area contributed by atoms with Crippen LogP contribution in [0.3, 0.4) is 0 Å². The van der Waals surface area contributed by atoms with E-state index in [9.17, 15) is 14.4 Å². The molecule has 0 spiro atoms. The van der Waals surface area contributed by atoms with Crippen LogP contribution in [0.15, 0.2) is 18.2 Å². The summed E-state index contributed by atoms with van der Waals surface area (Å²) in [6.07, 6.45) is 1.11. The quantitative estimate of drug-likeness (QED) is 0.752. The first kappa shape index (κ1) is 19.6. The largest absolute Gasteiger partial charge is 0.497 e. The lowest BCUT2D eigenvalue weighted by molar-refractivity contribution is -0.145. The van der Waals surface area contributed by atoms with Gasteiger partial charge < -0.3 is 24.8 Å². The molecule has 2 amide bonds. The Morgan fingerprint density at radius 2 is 1.69 bits per heavy atom. The molecule has 1 aromatic carbocycles. The zero-order valence-corrected chi connectivity index (χ0v) is 15.0. The monoisotopic (exact) mass is 364 g/mol. The second kappa shape index (κ2) is 9.07. The Hall–Kier alpha value is -2.77. The van der Waals surface area contributed by atoms with Gasteiger partial charge in [0.15, 0.2) is 0 Å². The van der Waals surface area contributed by atoms with Gasteiger partial charge in [-0.3, -0.25) is 14.4 Å². The number of carbonyl (C=O) groups excluding carboxylic acids is 2. The van der Waals surface area contributed by atoms with E-state index in [4.69, 9.17) is 14.6 Å². The van der Waals surface area contributed by atoms with E-state index in [2.05, 4.69) is 5.32 Å². The number of likely N-dealkylation sites (tertiary alicyclic amines) is 1. The number of rotatable bonds is 7. The molecule has 0 atom stereocenters. The average molecular weight is 364 g/mol. The van der Waals surface area contributed by atoms with Gasteiger partial charge in [0.25, 0.3) is 5.91 Å². The fourth-order valence-corrected chi connectivity index (χ4v) is 2.86. The summed E-state index contributed by atoms with van der Waals surface area (Å²) in [5, 5.41) is 11.7. The Bertz CT molecular complexity index is 645. The van der Waals surface area contributed by atoms with Crippen molar-refractivity contribution in [3.63, 3.8) is 0 Å². The van der Waals surface area contributed by atoms with Crippen molar-refractivity contribution < 1.29 is 29.0 Å². The number of ether oxygens (including phenoxy) is 2. The molecule has 0 radical (unpaired) electrons. The molecule has 26 heavy (non-hydrogen) atoms. The number of carboxylic acid groups (broad SMARTS) is 1. The van der Waals surface area contributed by atoms with Crippen molar-refractivity contribution in [1.29, 1.82) is 0 Å². The van der Waals surface area contributed by atoms with E-state index in [0.717, 1.165) is 0 Å². The number of methoxy groups -OCH3 is 2. The maximum atomic E-state index is 12.2. The molecule has 2 N–H and O–H groups in total. The van der Waals surface area contributed by atoms with Gasteiger partial charge in [-0.05, 0) is 25.0 Å². The SMILES string of the molecule is COc1cc(OC)cc(C(=O)NCCC(=O)N2CCC(C(=O)O)CC2)c1. The molecule has 0 aromatic heterocycles. The number of carbonyl (C=O) groups is 3. The first-order valence-corrected chi connectivity index (χ1v) is 8.46. The topological polar surface area (TPSA) is 105 Å². The lowest BCUT2D eigenvalue weighted by atomic mass is 9.97. The molecule has 1 aliphatic rings. The van der Waals surface area contributed by atoms with E-state index in [-0.39, 0.29) is 30.7 Å². The van der Waals surface area contributed by atoms with E-state index in [1.165, 1.54) is 14.2 Å². The van der Waals surface area contributed by atoms with Crippen molar-refractivity contribution in [2.45, 2.75) is 19.3 Å². The minimum atomic E-state index is -0.807. The Morgan fingerprint density at radius 3 is 2.19 bits per heavy atom. The summed E-state index contributed by atoms with van der Waals surface area (Å²) in [5.74, 6) is -0.574. The zero-order chi connectivity index (χ0) is 19.1. The van der Waals surface area contributed by atoms with Gasteiger partial charge in [0, 0.05) is 37.7 Å². The molecule has 1 saturated heterocycles. The van der Waals surface area contributed by atoms with Crippen LogP contribution in [0, 0.1) is 5.92 Å². The molecule has 0 bridgehead atoms. The molecule has 1 fully saturated rings. The lowest BCUT2D eigenvalue weighted by Gasteiger charge is -2.30. The highest BCUT2D eigenvalue weighted by atomic mass is 16.5. The predicted octanol–water partition coefficient (Wildman–Crippen LogP) is 1.15. The van der Waals surface area contributed by atoms with Crippen molar-refractivity contribution in [2.24, 2.45) is 5.92 Å². The van der Waals surface area contributed by atoms with E-state index in [1.54, 1.807) is 23.1 Å². The third-order valence-electron chi connectivity index (χ3n) is 4.43. The Kier molecular flexibility index (Phi) is 6.82. The molecular weight excluding hydrogens is 340 g/mol. The summed E-state index contributed by atoms with van der Waals surface area (Å²) in [6, 6.07) is 4.85. The number of hydrogen-bond donors (Lipinski definition) is 2. The molecule has 2 rings (SSSR count). The smallest absolute Gasteiger partial charge is 0.306 e. The molecule has 0 saturated carbocycles. The second-order valence-corrected chi connectivity index (χ2v) is 6.10. The minimum Gasteiger partial charge on any atom is -0.497 e. The van der Waals surface area contributed by atoms with Gasteiger partial charge in [-0.25, -0.2) is 0 Å². The number of nitrogens with zero attached hydrogens (tertiary/aromatic N) is 1. The van der Waals surface area contributed by atoms with Crippen LogP contribution in [0.2, 0.25) is 0 Å². The highest BCUT2D eigenvalue weighted by molar-refractivity contribution is 5.95. The van der Waals surface area contributed by atoms with Crippen LogP contribution in [-0.2, 0) is 9.59 Å². The lowest BCUT2D eigenvalue weighted by Crippen LogP contribution is -2.41. The number of amides is 2. The van der Waals surface area contributed by atoms with Gasteiger partial charge in [0.05, 0.1) is 20.1 Å². The standard InChI is InChI=1S/C18H24N2O6/c1-25-14-9-13(10-15(11-14)26-2)17(22)19-6-3-16(21)20-7-4-12(5-8-20)18(23)24/h9-12H,3-8H2,1-2H3,(H,19,22)(H,23,24). The van der Waals surface area contributed by atoms with Gasteiger partial charge in [-0.2, -0.15) is 0 Å². The van der Waals surface area contributed by atoms with Gasteiger partial charge in [-0.15, -0.1) is 0 Å². The molecule has 8 nitrogen and oxygen atoms in total. The fraction of sp³-hybridized carbons (Fsp3) is 0.500. The summed E-state index contributed by atoms with van der Waals surface area (Å²) in [7, 11) is 3.01. The van der Waals surface area contributed by atoms with E-state index >= 15 is 0 Å². The van der Waals surface area contributed by atoms with Gasteiger partial charge in [0.1, 0.15) is 11.5 Å². The second-order valence-electron chi connectivity index (χ2n) is 6.10. The van der Waals surface area contributed by atoms with Crippen LogP contribution in [-0.4, -0.2) is 61.6 Å². The van der Waals surface area contributed by atoms with Crippen LogP contribution >= 0.6 is 0 Å². The molecule has 1 aromatic rings. The van der Waals surface area contributed by atoms with Crippen LogP contribution in [0.4, 0.5) is 0 Å². The first-order chi connectivity index (χ1) is 12.4. The molecule has 1 aliphatic heterocycles. The van der Waals surface area contributed by atoms with Crippen molar-refractivity contribution in [3.8, 4) is 11.5 Å². The fourth-order valence-electron chi connectivity index (χ4n) is 2.86. The summed E-state index contributed by atoms with van der Waals surface area (Å²) in [6.45, 7) is 1.09. The van der Waals surface area contributed by atoms with Crippen molar-refractivity contribution in [1.82, 2.24) is 10.2 Å². The number of carboxylic acids is 1. The van der Waals surface area contributed by atoms with E-state index in [1.807, 2.05) is 0 Å². The Balaban J connectivity index is 1.81. The van der Waals surface area contributed by atoms with Crippen LogP contribution in [0.1, 0.15) is 29.6 Å². The van der Waals surface area contributed by atoms with Gasteiger partial charge >= 0.3 is 5.97 Å². The molecular formula is C18H24N2O6. The maximum absolute atomic E-state index is 12.2. The highest BCUT2D eigenvalue weighted by Gasteiger charge is 2.26. The third kappa shape index (κ3) is 5.11. The number of piperidine rings is 1. The summed E-state index contributed by atoms with van der Waals surface area (Å²) < 4.78 is 10.3. The van der Waals surface area contributed by atoms with Crippen LogP contribution in [0.25, 0.3) is 0 Å². The maximum Gasteiger partial charge on any atom is 0.306 e. The van der Waals surface area contributed by atoms with Crippen LogP contribution < -0.4 is 14.8 Å². The summed E-state index contributed by atoms with van der Waals surface area (Å²) >= 11 is 0. The van der Waals surface area contributed by atoms with E-state index < -0.39 is 5.97 Å². The molecule has 1 heterocycles. The zero-order valence-electron chi connectivity index (χ0n) is 15.0. The number of nitrogens with one attached hydrogen (secondary N) is 1. The van der Waals surface area contributed by atoms with Gasteiger partial charge in [0.2, 0.25) is 5.91 Å². The Morgan fingerprint density at radius 1 is 1.12 bits per heavy atom. The number of benzene rings is 1. The number of aliphatic carboxylic acids is 1. The Labute approximate surface area is 152 Å². The predicted molar refractivity (Wildman–Crippen MR) is 93.4 cm³/mol. The summed E-state index contributed by atoms with van der Waals surface area (Å²) in [4.78, 5) is 37.0. The highest BCUT2D eigenvalue weighted by Crippen LogP contribution is 2.22. The molecule has 8 heteroatoms. The normalized spacial score (nSPS) is 14.6.